The van der Waals surface area contributed by atoms with E-state index in [4.69, 9.17) is 4.74 Å². The molecule has 3 nitrogen and oxygen atoms in total. The Bertz CT molecular complexity index is 204. The fourth-order valence-electron chi connectivity index (χ4n) is 1.84. The highest BCUT2D eigenvalue weighted by Crippen LogP contribution is 2.39. The zero-order valence-corrected chi connectivity index (χ0v) is 10.1. The van der Waals surface area contributed by atoms with Crippen molar-refractivity contribution < 1.29 is 9.53 Å². The van der Waals surface area contributed by atoms with Gasteiger partial charge in [0.2, 0.25) is 6.41 Å². The van der Waals surface area contributed by atoms with Crippen molar-refractivity contribution in [2.45, 2.75) is 40.0 Å². The zero-order valence-electron chi connectivity index (χ0n) is 10.1. The van der Waals surface area contributed by atoms with Gasteiger partial charge in [0.15, 0.2) is 0 Å². The smallest absolute Gasteiger partial charge is 0.207 e. The molecule has 15 heavy (non-hydrogen) atoms. The van der Waals surface area contributed by atoms with Gasteiger partial charge in [-0.15, -0.1) is 0 Å². The maximum Gasteiger partial charge on any atom is 0.207 e. The summed E-state index contributed by atoms with van der Waals surface area (Å²) in [6, 6.07) is 0. The number of amides is 1. The van der Waals surface area contributed by atoms with Crippen LogP contribution >= 0.6 is 0 Å². The summed E-state index contributed by atoms with van der Waals surface area (Å²) in [5.74, 6) is 0. The molecule has 0 aromatic carbocycles. The molecule has 1 heterocycles. The Morgan fingerprint density at radius 3 is 2.40 bits per heavy atom. The SMILES string of the molecule is CC(C)(C)CCC1(CCNC=O)COC1. The molecule has 1 rings (SSSR count). The van der Waals surface area contributed by atoms with Gasteiger partial charge in [-0.1, -0.05) is 20.8 Å². The molecule has 0 aromatic rings. The average molecular weight is 213 g/mol. The Morgan fingerprint density at radius 2 is 2.00 bits per heavy atom. The largest absolute Gasteiger partial charge is 0.380 e. The third-order valence-electron chi connectivity index (χ3n) is 3.10. The molecule has 1 aliphatic rings. The van der Waals surface area contributed by atoms with Crippen LogP contribution in [0, 0.1) is 10.8 Å². The summed E-state index contributed by atoms with van der Waals surface area (Å²) >= 11 is 0. The minimum Gasteiger partial charge on any atom is -0.380 e. The minimum absolute atomic E-state index is 0.337. The third kappa shape index (κ3) is 4.20. The molecule has 1 fully saturated rings. The van der Waals surface area contributed by atoms with Gasteiger partial charge >= 0.3 is 0 Å². The van der Waals surface area contributed by atoms with Gasteiger partial charge in [0.05, 0.1) is 13.2 Å². The van der Waals surface area contributed by atoms with E-state index in [9.17, 15) is 4.79 Å². The summed E-state index contributed by atoms with van der Waals surface area (Å²) in [6.07, 6.45) is 4.24. The van der Waals surface area contributed by atoms with E-state index in [0.717, 1.165) is 32.6 Å². The van der Waals surface area contributed by atoms with Crippen molar-refractivity contribution in [1.82, 2.24) is 5.32 Å². The quantitative estimate of drug-likeness (QED) is 0.541. The van der Waals surface area contributed by atoms with Crippen LogP contribution in [-0.2, 0) is 9.53 Å². The molecule has 0 aliphatic carbocycles. The lowest BCUT2D eigenvalue weighted by Crippen LogP contribution is -2.44. The number of hydrogen-bond acceptors (Lipinski definition) is 2. The third-order valence-corrected chi connectivity index (χ3v) is 3.10. The number of nitrogens with one attached hydrogen (secondary N) is 1. The number of carbonyl (C=O) groups excluding carboxylic acids is 1. The summed E-state index contributed by atoms with van der Waals surface area (Å²) in [6.45, 7) is 9.31. The second-order valence-corrected chi connectivity index (χ2v) is 5.88. The first-order chi connectivity index (χ1) is 6.97. The van der Waals surface area contributed by atoms with Crippen LogP contribution in [0.4, 0.5) is 0 Å². The highest BCUT2D eigenvalue weighted by atomic mass is 16.5. The van der Waals surface area contributed by atoms with Crippen LogP contribution < -0.4 is 5.32 Å². The first kappa shape index (κ1) is 12.5. The maximum absolute atomic E-state index is 10.2. The summed E-state index contributed by atoms with van der Waals surface area (Å²) in [7, 11) is 0. The van der Waals surface area contributed by atoms with Gasteiger partial charge in [0.25, 0.3) is 0 Å². The molecule has 1 amide bonds. The lowest BCUT2D eigenvalue weighted by Gasteiger charge is -2.43. The molecular formula is C12H23NO2. The summed E-state index contributed by atoms with van der Waals surface area (Å²) in [4.78, 5) is 10.2. The lowest BCUT2D eigenvalue weighted by molar-refractivity contribution is -0.126. The van der Waals surface area contributed by atoms with Crippen molar-refractivity contribution in [2.24, 2.45) is 10.8 Å². The van der Waals surface area contributed by atoms with Gasteiger partial charge in [0.1, 0.15) is 0 Å². The van der Waals surface area contributed by atoms with E-state index in [1.807, 2.05) is 0 Å². The van der Waals surface area contributed by atoms with Gasteiger partial charge in [-0.05, 0) is 24.7 Å². The maximum atomic E-state index is 10.2. The molecule has 1 aliphatic heterocycles. The van der Waals surface area contributed by atoms with E-state index < -0.39 is 0 Å². The van der Waals surface area contributed by atoms with Crippen LogP contribution in [-0.4, -0.2) is 26.2 Å². The molecule has 0 aromatic heterocycles. The Hall–Kier alpha value is -0.570. The molecule has 0 atom stereocenters. The minimum atomic E-state index is 0.337. The van der Waals surface area contributed by atoms with Gasteiger partial charge in [0, 0.05) is 12.0 Å². The van der Waals surface area contributed by atoms with Crippen LogP contribution in [0.15, 0.2) is 0 Å². The monoisotopic (exact) mass is 213 g/mol. The van der Waals surface area contributed by atoms with Crippen LogP contribution in [0.3, 0.4) is 0 Å². The topological polar surface area (TPSA) is 38.3 Å². The molecule has 0 spiro atoms. The van der Waals surface area contributed by atoms with E-state index in [1.54, 1.807) is 0 Å². The average Bonchev–Trinajstić information content (AvgIpc) is 2.06. The molecule has 3 heteroatoms. The summed E-state index contributed by atoms with van der Waals surface area (Å²) in [5.41, 5.74) is 0.726. The van der Waals surface area contributed by atoms with Crippen LogP contribution in [0.5, 0.6) is 0 Å². The zero-order chi connectivity index (χ0) is 11.4. The van der Waals surface area contributed by atoms with Gasteiger partial charge in [-0.2, -0.15) is 0 Å². The van der Waals surface area contributed by atoms with Crippen molar-refractivity contribution in [1.29, 1.82) is 0 Å². The van der Waals surface area contributed by atoms with Crippen LogP contribution in [0.2, 0.25) is 0 Å². The first-order valence-electron chi connectivity index (χ1n) is 5.72. The van der Waals surface area contributed by atoms with Crippen molar-refractivity contribution in [3.05, 3.63) is 0 Å². The molecular weight excluding hydrogens is 190 g/mol. The van der Waals surface area contributed by atoms with E-state index in [2.05, 4.69) is 26.1 Å². The summed E-state index contributed by atoms with van der Waals surface area (Å²) < 4.78 is 5.32. The predicted molar refractivity (Wildman–Crippen MR) is 60.6 cm³/mol. The molecule has 0 bridgehead atoms. The van der Waals surface area contributed by atoms with E-state index in [-0.39, 0.29) is 0 Å². The highest BCUT2D eigenvalue weighted by Gasteiger charge is 2.38. The molecule has 0 unspecified atom stereocenters. The lowest BCUT2D eigenvalue weighted by atomic mass is 9.74. The number of ether oxygens (including phenoxy) is 1. The fourth-order valence-corrected chi connectivity index (χ4v) is 1.84. The fraction of sp³-hybridized carbons (Fsp3) is 0.917. The Labute approximate surface area is 92.6 Å². The van der Waals surface area contributed by atoms with Crippen molar-refractivity contribution in [3.63, 3.8) is 0 Å². The standard InChI is InChI=1S/C12H23NO2/c1-11(2,3)4-5-12(8-15-9-12)6-7-13-10-14/h10H,4-9H2,1-3H3,(H,13,14). The van der Waals surface area contributed by atoms with Crippen molar-refractivity contribution >= 4 is 6.41 Å². The second-order valence-electron chi connectivity index (χ2n) is 5.88. The van der Waals surface area contributed by atoms with Gasteiger partial charge in [-0.3, -0.25) is 4.79 Å². The van der Waals surface area contributed by atoms with Gasteiger partial charge < -0.3 is 10.1 Å². The van der Waals surface area contributed by atoms with E-state index in [0.29, 0.717) is 10.8 Å². The van der Waals surface area contributed by atoms with E-state index in [1.165, 1.54) is 12.8 Å². The number of carbonyl (C=O) groups is 1. The number of rotatable bonds is 6. The number of hydrogen-bond donors (Lipinski definition) is 1. The molecule has 0 saturated carbocycles. The molecule has 1 N–H and O–H groups in total. The van der Waals surface area contributed by atoms with Crippen LogP contribution in [0.1, 0.15) is 40.0 Å². The second kappa shape index (κ2) is 4.97. The van der Waals surface area contributed by atoms with E-state index >= 15 is 0 Å². The predicted octanol–water partition coefficient (Wildman–Crippen LogP) is 1.97. The van der Waals surface area contributed by atoms with Crippen LogP contribution in [0.25, 0.3) is 0 Å². The summed E-state index contributed by atoms with van der Waals surface area (Å²) in [5, 5.41) is 2.73. The Morgan fingerprint density at radius 1 is 1.33 bits per heavy atom. The van der Waals surface area contributed by atoms with Gasteiger partial charge in [-0.25, -0.2) is 0 Å². The highest BCUT2D eigenvalue weighted by molar-refractivity contribution is 5.45. The van der Waals surface area contributed by atoms with Crippen molar-refractivity contribution in [3.8, 4) is 0 Å². The molecule has 88 valence electrons. The van der Waals surface area contributed by atoms with Crippen molar-refractivity contribution in [2.75, 3.05) is 19.8 Å². The molecule has 1 saturated heterocycles. The Kier molecular flexibility index (Phi) is 4.14. The first-order valence-corrected chi connectivity index (χ1v) is 5.72. The molecule has 0 radical (unpaired) electrons. The normalized spacial score (nSPS) is 19.4. The Balaban J connectivity index is 2.29.